The summed E-state index contributed by atoms with van der Waals surface area (Å²) in [5.74, 6) is -0.878. The van der Waals surface area contributed by atoms with E-state index in [0.717, 1.165) is 24.8 Å². The van der Waals surface area contributed by atoms with Crippen molar-refractivity contribution in [1.29, 1.82) is 0 Å². The minimum atomic E-state index is -1.10. The van der Waals surface area contributed by atoms with E-state index in [1.807, 2.05) is 24.3 Å². The molecule has 0 radical (unpaired) electrons. The molecule has 1 aliphatic heterocycles. The van der Waals surface area contributed by atoms with Crippen molar-refractivity contribution in [3.63, 3.8) is 0 Å². The lowest BCUT2D eigenvalue weighted by molar-refractivity contribution is -0.149. The van der Waals surface area contributed by atoms with E-state index in [-0.39, 0.29) is 12.5 Å². The molecule has 0 bridgehead atoms. The van der Waals surface area contributed by atoms with E-state index in [0.29, 0.717) is 18.6 Å². The lowest BCUT2D eigenvalue weighted by Crippen LogP contribution is -2.56. The summed E-state index contributed by atoms with van der Waals surface area (Å²) in [5, 5.41) is 12.3. The number of nitrogens with one attached hydrogen (secondary N) is 1. The number of carbonyl (C=O) groups is 2. The summed E-state index contributed by atoms with van der Waals surface area (Å²) >= 11 is 0. The average molecular weight is 289 g/mol. The van der Waals surface area contributed by atoms with Gasteiger partial charge < -0.3 is 15.2 Å². The molecule has 1 aromatic rings. The first-order valence-electron chi connectivity index (χ1n) is 7.39. The number of para-hydroxylation sites is 1. The molecule has 1 aromatic carbocycles. The number of fused-ring (bicyclic) bond motifs is 1. The van der Waals surface area contributed by atoms with Gasteiger partial charge in [-0.15, -0.1) is 0 Å². The fourth-order valence-electron chi connectivity index (χ4n) is 3.25. The molecule has 1 aliphatic carbocycles. The van der Waals surface area contributed by atoms with E-state index in [2.05, 4.69) is 5.32 Å². The van der Waals surface area contributed by atoms with Gasteiger partial charge in [0.1, 0.15) is 23.8 Å². The molecule has 3 rings (SSSR count). The van der Waals surface area contributed by atoms with Gasteiger partial charge in [0.15, 0.2) is 0 Å². The van der Waals surface area contributed by atoms with Crippen LogP contribution in [0.15, 0.2) is 24.3 Å². The van der Waals surface area contributed by atoms with Crippen LogP contribution in [0.4, 0.5) is 0 Å². The van der Waals surface area contributed by atoms with Crippen molar-refractivity contribution in [1.82, 2.24) is 5.32 Å². The molecule has 1 fully saturated rings. The molecule has 0 spiro atoms. The van der Waals surface area contributed by atoms with Crippen molar-refractivity contribution >= 4 is 11.9 Å². The van der Waals surface area contributed by atoms with Gasteiger partial charge in [-0.3, -0.25) is 4.79 Å². The first-order chi connectivity index (χ1) is 10.1. The molecular formula is C16H19NO4. The summed E-state index contributed by atoms with van der Waals surface area (Å²) < 4.78 is 5.51. The normalized spacial score (nSPS) is 23.0. The molecule has 0 aromatic heterocycles. The van der Waals surface area contributed by atoms with Gasteiger partial charge in [-0.1, -0.05) is 37.5 Å². The van der Waals surface area contributed by atoms with Crippen LogP contribution >= 0.6 is 0 Å². The predicted molar refractivity (Wildman–Crippen MR) is 76.3 cm³/mol. The van der Waals surface area contributed by atoms with E-state index < -0.39 is 17.4 Å². The summed E-state index contributed by atoms with van der Waals surface area (Å²) in [6, 6.07) is 7.41. The summed E-state index contributed by atoms with van der Waals surface area (Å²) in [6.45, 7) is 0.279. The largest absolute Gasteiger partial charge is 0.492 e. The maximum Gasteiger partial charge on any atom is 0.329 e. The number of carbonyl (C=O) groups excluding carboxylic acids is 1. The number of carboxylic acid groups (broad SMARTS) is 1. The molecule has 1 amide bonds. The molecule has 2 N–H and O–H groups in total. The highest BCUT2D eigenvalue weighted by Crippen LogP contribution is 2.35. The second kappa shape index (κ2) is 5.39. The van der Waals surface area contributed by atoms with Crippen molar-refractivity contribution in [3.8, 4) is 5.75 Å². The SMILES string of the molecule is O=C(NC1(C(=O)O)CCCCC1)C1COc2ccccc21. The van der Waals surface area contributed by atoms with E-state index in [4.69, 9.17) is 4.74 Å². The third kappa shape index (κ3) is 2.48. The van der Waals surface area contributed by atoms with Crippen molar-refractivity contribution in [2.24, 2.45) is 0 Å². The first kappa shape index (κ1) is 13.9. The minimum Gasteiger partial charge on any atom is -0.492 e. The van der Waals surface area contributed by atoms with Crippen molar-refractivity contribution in [3.05, 3.63) is 29.8 Å². The number of aliphatic carboxylic acids is 1. The third-order valence-corrected chi connectivity index (χ3v) is 4.50. The van der Waals surface area contributed by atoms with Crippen molar-refractivity contribution in [2.45, 2.75) is 43.6 Å². The summed E-state index contributed by atoms with van der Waals surface area (Å²) in [4.78, 5) is 24.2. The van der Waals surface area contributed by atoms with Crippen LogP contribution < -0.4 is 10.1 Å². The Kier molecular flexibility index (Phi) is 3.57. The number of rotatable bonds is 3. The van der Waals surface area contributed by atoms with E-state index >= 15 is 0 Å². The van der Waals surface area contributed by atoms with Crippen LogP contribution in [-0.4, -0.2) is 29.1 Å². The van der Waals surface area contributed by atoms with Crippen LogP contribution in [0.3, 0.4) is 0 Å². The Morgan fingerprint density at radius 3 is 2.62 bits per heavy atom. The lowest BCUT2D eigenvalue weighted by atomic mass is 9.81. The monoisotopic (exact) mass is 289 g/mol. The first-order valence-corrected chi connectivity index (χ1v) is 7.39. The molecule has 1 atom stereocenters. The van der Waals surface area contributed by atoms with E-state index in [9.17, 15) is 14.7 Å². The van der Waals surface area contributed by atoms with Crippen LogP contribution in [0.5, 0.6) is 5.75 Å². The van der Waals surface area contributed by atoms with Crippen molar-refractivity contribution in [2.75, 3.05) is 6.61 Å². The molecule has 112 valence electrons. The molecule has 21 heavy (non-hydrogen) atoms. The molecule has 1 unspecified atom stereocenters. The number of hydrogen-bond donors (Lipinski definition) is 2. The second-order valence-electron chi connectivity index (χ2n) is 5.84. The fourth-order valence-corrected chi connectivity index (χ4v) is 3.25. The lowest BCUT2D eigenvalue weighted by Gasteiger charge is -2.34. The van der Waals surface area contributed by atoms with Crippen LogP contribution in [-0.2, 0) is 9.59 Å². The van der Waals surface area contributed by atoms with Crippen LogP contribution in [0.25, 0.3) is 0 Å². The van der Waals surface area contributed by atoms with Gasteiger partial charge in [-0.2, -0.15) is 0 Å². The van der Waals surface area contributed by atoms with Crippen molar-refractivity contribution < 1.29 is 19.4 Å². The Morgan fingerprint density at radius 1 is 1.19 bits per heavy atom. The highest BCUT2D eigenvalue weighted by molar-refractivity contribution is 5.91. The van der Waals surface area contributed by atoms with E-state index in [1.165, 1.54) is 0 Å². The molecule has 1 saturated carbocycles. The second-order valence-corrected chi connectivity index (χ2v) is 5.84. The Balaban J connectivity index is 1.78. The number of carboxylic acids is 1. The third-order valence-electron chi connectivity index (χ3n) is 4.50. The van der Waals surface area contributed by atoms with Gasteiger partial charge in [-0.05, 0) is 18.9 Å². The van der Waals surface area contributed by atoms with Crippen LogP contribution in [0.2, 0.25) is 0 Å². The van der Waals surface area contributed by atoms with Gasteiger partial charge in [0.2, 0.25) is 5.91 Å². The number of benzene rings is 1. The molecule has 1 heterocycles. The number of hydrogen-bond acceptors (Lipinski definition) is 3. The highest BCUT2D eigenvalue weighted by Gasteiger charge is 2.43. The van der Waals surface area contributed by atoms with Gasteiger partial charge in [0.05, 0.1) is 0 Å². The Morgan fingerprint density at radius 2 is 1.90 bits per heavy atom. The maximum absolute atomic E-state index is 12.5. The van der Waals surface area contributed by atoms with Gasteiger partial charge in [-0.25, -0.2) is 4.79 Å². The average Bonchev–Trinajstić information content (AvgIpc) is 2.92. The molecule has 0 saturated heterocycles. The molecule has 5 nitrogen and oxygen atoms in total. The van der Waals surface area contributed by atoms with E-state index in [1.54, 1.807) is 0 Å². The Bertz CT molecular complexity index is 563. The maximum atomic E-state index is 12.5. The van der Waals surface area contributed by atoms with Crippen LogP contribution in [0.1, 0.15) is 43.6 Å². The standard InChI is InChI=1S/C16H19NO4/c18-14(12-10-21-13-7-3-2-6-11(12)13)17-16(15(19)20)8-4-1-5-9-16/h2-3,6-7,12H,1,4-5,8-10H2,(H,17,18)(H,19,20). The summed E-state index contributed by atoms with van der Waals surface area (Å²) in [6.07, 6.45) is 3.71. The minimum absolute atomic E-state index is 0.246. The zero-order valence-corrected chi connectivity index (χ0v) is 11.8. The Labute approximate surface area is 123 Å². The molecular weight excluding hydrogens is 270 g/mol. The van der Waals surface area contributed by atoms with Gasteiger partial charge in [0.25, 0.3) is 0 Å². The fraction of sp³-hybridized carbons (Fsp3) is 0.500. The highest BCUT2D eigenvalue weighted by atomic mass is 16.5. The summed E-state index contributed by atoms with van der Waals surface area (Å²) in [5.41, 5.74) is -0.265. The van der Waals surface area contributed by atoms with Gasteiger partial charge in [0, 0.05) is 5.56 Å². The zero-order chi connectivity index (χ0) is 14.9. The molecule has 5 heteroatoms. The zero-order valence-electron chi connectivity index (χ0n) is 11.8. The number of ether oxygens (including phenoxy) is 1. The Hall–Kier alpha value is -2.04. The quantitative estimate of drug-likeness (QED) is 0.893. The predicted octanol–water partition coefficient (Wildman–Crippen LogP) is 2.07. The van der Waals surface area contributed by atoms with Gasteiger partial charge >= 0.3 is 5.97 Å². The smallest absolute Gasteiger partial charge is 0.329 e. The molecule has 2 aliphatic rings. The summed E-state index contributed by atoms with van der Waals surface area (Å²) in [7, 11) is 0. The topological polar surface area (TPSA) is 75.6 Å². The van der Waals surface area contributed by atoms with Crippen LogP contribution in [0, 0.1) is 0 Å². The number of amides is 1.